The standard InChI is InChI=1S/C21H31ClN4O4S2/c1-24(2)15-17-5-3-4-10-26(17)21(28)20(27)25-11-8-16(14-25)13-23-32(29,30)12-9-18-6-7-19(22)31-18/h6-7,13,17,23H,3-5,8-12,14-15H2,1-2H3/t17-/m0/s1. The Labute approximate surface area is 199 Å². The summed E-state index contributed by atoms with van der Waals surface area (Å²) in [6.45, 7) is 2.02. The molecule has 1 aromatic heterocycles. The molecule has 178 valence electrons. The number of likely N-dealkylation sites (tertiary alicyclic amines) is 2. The van der Waals surface area contributed by atoms with Crippen LogP contribution in [0.1, 0.15) is 30.6 Å². The molecule has 2 amide bonds. The summed E-state index contributed by atoms with van der Waals surface area (Å²) in [6, 6.07) is 3.63. The molecule has 2 fully saturated rings. The van der Waals surface area contributed by atoms with Crippen molar-refractivity contribution in [2.75, 3.05) is 46.0 Å². The van der Waals surface area contributed by atoms with Crippen molar-refractivity contribution in [2.24, 2.45) is 0 Å². The number of carbonyl (C=O) groups excluding carboxylic acids is 2. The van der Waals surface area contributed by atoms with Crippen LogP contribution < -0.4 is 4.72 Å². The number of nitrogens with one attached hydrogen (secondary N) is 1. The number of halogens is 1. The lowest BCUT2D eigenvalue weighted by molar-refractivity contribution is -0.153. The van der Waals surface area contributed by atoms with Crippen molar-refractivity contribution in [1.29, 1.82) is 0 Å². The molecule has 0 bridgehead atoms. The summed E-state index contributed by atoms with van der Waals surface area (Å²) >= 11 is 7.25. The molecule has 11 heteroatoms. The topological polar surface area (TPSA) is 90.0 Å². The molecule has 8 nitrogen and oxygen atoms in total. The SMILES string of the molecule is CN(C)C[C@@H]1CCCCN1C(=O)C(=O)N1CCC(=CNS(=O)(=O)CCc2ccc(Cl)s2)C1. The number of amides is 2. The molecule has 0 unspecified atom stereocenters. The fraction of sp³-hybridized carbons (Fsp3) is 0.619. The Morgan fingerprint density at radius 2 is 2.03 bits per heavy atom. The molecule has 2 aliphatic rings. The summed E-state index contributed by atoms with van der Waals surface area (Å²) in [5, 5.41) is 0. The summed E-state index contributed by atoms with van der Waals surface area (Å²) in [4.78, 5) is 31.9. The van der Waals surface area contributed by atoms with Gasteiger partial charge < -0.3 is 14.7 Å². The maximum absolute atomic E-state index is 12.9. The molecule has 0 radical (unpaired) electrons. The van der Waals surface area contributed by atoms with Gasteiger partial charge in [-0.2, -0.15) is 0 Å². The number of likely N-dealkylation sites (N-methyl/N-ethyl adjacent to an activating group) is 1. The van der Waals surface area contributed by atoms with Gasteiger partial charge in [-0.15, -0.1) is 11.3 Å². The number of aryl methyl sites for hydroxylation is 1. The van der Waals surface area contributed by atoms with Crippen LogP contribution in [0.3, 0.4) is 0 Å². The molecule has 0 aliphatic carbocycles. The van der Waals surface area contributed by atoms with Crippen molar-refractivity contribution in [3.8, 4) is 0 Å². The van der Waals surface area contributed by atoms with Gasteiger partial charge in [-0.25, -0.2) is 8.42 Å². The highest BCUT2D eigenvalue weighted by Crippen LogP contribution is 2.22. The van der Waals surface area contributed by atoms with Crippen LogP contribution >= 0.6 is 22.9 Å². The number of nitrogens with zero attached hydrogens (tertiary/aromatic N) is 3. The number of hydrogen-bond acceptors (Lipinski definition) is 6. The second kappa shape index (κ2) is 11.0. The molecule has 3 heterocycles. The molecule has 1 N–H and O–H groups in total. The third kappa shape index (κ3) is 6.94. The number of sulfonamides is 1. The second-order valence-electron chi connectivity index (χ2n) is 8.58. The Morgan fingerprint density at radius 1 is 1.25 bits per heavy atom. The second-order valence-corrected chi connectivity index (χ2v) is 12.3. The van der Waals surface area contributed by atoms with Crippen LogP contribution in [0.5, 0.6) is 0 Å². The molecular formula is C21H31ClN4O4S2. The molecule has 2 aliphatic heterocycles. The van der Waals surface area contributed by atoms with E-state index in [1.165, 1.54) is 22.4 Å². The predicted molar refractivity (Wildman–Crippen MR) is 127 cm³/mol. The smallest absolute Gasteiger partial charge is 0.312 e. The van der Waals surface area contributed by atoms with Gasteiger partial charge in [0.2, 0.25) is 10.0 Å². The van der Waals surface area contributed by atoms with E-state index in [0.717, 1.165) is 36.3 Å². The van der Waals surface area contributed by atoms with E-state index in [4.69, 9.17) is 11.6 Å². The molecule has 0 aromatic carbocycles. The van der Waals surface area contributed by atoms with Crippen molar-refractivity contribution in [2.45, 2.75) is 38.1 Å². The van der Waals surface area contributed by atoms with E-state index in [1.54, 1.807) is 11.0 Å². The maximum atomic E-state index is 12.9. The highest BCUT2D eigenvalue weighted by atomic mass is 35.5. The van der Waals surface area contributed by atoms with Crippen molar-refractivity contribution in [3.63, 3.8) is 0 Å². The Morgan fingerprint density at radius 3 is 2.72 bits per heavy atom. The first-order valence-corrected chi connectivity index (χ1v) is 13.7. The molecule has 0 spiro atoms. The zero-order valence-electron chi connectivity index (χ0n) is 18.5. The molecule has 32 heavy (non-hydrogen) atoms. The normalized spacial score (nSPS) is 20.9. The van der Waals surface area contributed by atoms with E-state index in [9.17, 15) is 18.0 Å². The van der Waals surface area contributed by atoms with Crippen molar-refractivity contribution in [1.82, 2.24) is 19.4 Å². The first-order valence-electron chi connectivity index (χ1n) is 10.8. The largest absolute Gasteiger partial charge is 0.330 e. The minimum Gasteiger partial charge on any atom is -0.330 e. The van der Waals surface area contributed by atoms with E-state index < -0.39 is 21.8 Å². The number of rotatable bonds is 7. The van der Waals surface area contributed by atoms with Crippen LogP contribution in [0.15, 0.2) is 23.9 Å². The van der Waals surface area contributed by atoms with E-state index in [1.807, 2.05) is 25.1 Å². The summed E-state index contributed by atoms with van der Waals surface area (Å²) in [7, 11) is 0.437. The summed E-state index contributed by atoms with van der Waals surface area (Å²) in [6.07, 6.45) is 5.27. The fourth-order valence-corrected chi connectivity index (χ4v) is 6.23. The summed E-state index contributed by atoms with van der Waals surface area (Å²) in [5.41, 5.74) is 0.789. The van der Waals surface area contributed by atoms with E-state index in [2.05, 4.69) is 4.72 Å². The number of piperidine rings is 1. The maximum Gasteiger partial charge on any atom is 0.312 e. The van der Waals surface area contributed by atoms with E-state index >= 15 is 0 Å². The first kappa shape index (κ1) is 25.0. The lowest BCUT2D eigenvalue weighted by atomic mass is 10.0. The molecule has 0 saturated carbocycles. The molecule has 2 saturated heterocycles. The average Bonchev–Trinajstić information content (AvgIpc) is 3.39. The monoisotopic (exact) mass is 502 g/mol. The fourth-order valence-electron chi connectivity index (χ4n) is 4.06. The van der Waals surface area contributed by atoms with Crippen LogP contribution in [0.4, 0.5) is 0 Å². The lowest BCUT2D eigenvalue weighted by Gasteiger charge is -2.37. The van der Waals surface area contributed by atoms with Crippen molar-refractivity contribution >= 4 is 44.8 Å². The van der Waals surface area contributed by atoms with Gasteiger partial charge >= 0.3 is 11.8 Å². The van der Waals surface area contributed by atoms with Gasteiger partial charge in [-0.05, 0) is 63.9 Å². The Kier molecular flexibility index (Phi) is 8.60. The van der Waals surface area contributed by atoms with Gasteiger partial charge in [0, 0.05) is 43.3 Å². The van der Waals surface area contributed by atoms with Crippen LogP contribution in [0.2, 0.25) is 4.34 Å². The first-order chi connectivity index (χ1) is 15.1. The average molecular weight is 503 g/mol. The number of carbonyl (C=O) groups is 2. The van der Waals surface area contributed by atoms with Gasteiger partial charge in [0.25, 0.3) is 0 Å². The lowest BCUT2D eigenvalue weighted by Crippen LogP contribution is -2.53. The number of hydrogen-bond donors (Lipinski definition) is 1. The minimum atomic E-state index is -3.49. The third-order valence-electron chi connectivity index (χ3n) is 5.72. The molecule has 1 atom stereocenters. The molecule has 3 rings (SSSR count). The quantitative estimate of drug-likeness (QED) is 0.575. The van der Waals surface area contributed by atoms with Gasteiger partial charge in [0.15, 0.2) is 0 Å². The molecule has 1 aromatic rings. The Bertz CT molecular complexity index is 961. The van der Waals surface area contributed by atoms with Gasteiger partial charge in [0.1, 0.15) is 0 Å². The highest BCUT2D eigenvalue weighted by molar-refractivity contribution is 7.89. The van der Waals surface area contributed by atoms with E-state index in [0.29, 0.717) is 30.3 Å². The van der Waals surface area contributed by atoms with Gasteiger partial charge in [0.05, 0.1) is 10.1 Å². The van der Waals surface area contributed by atoms with Crippen molar-refractivity contribution in [3.05, 3.63) is 33.1 Å². The zero-order chi connectivity index (χ0) is 23.3. The highest BCUT2D eigenvalue weighted by Gasteiger charge is 2.35. The van der Waals surface area contributed by atoms with Crippen molar-refractivity contribution < 1.29 is 18.0 Å². The number of thiophene rings is 1. The summed E-state index contributed by atoms with van der Waals surface area (Å²) < 4.78 is 27.7. The Balaban J connectivity index is 1.52. The third-order valence-corrected chi connectivity index (χ3v) is 8.23. The van der Waals surface area contributed by atoms with Crippen LogP contribution in [0.25, 0.3) is 0 Å². The van der Waals surface area contributed by atoms with Crippen LogP contribution in [-0.4, -0.2) is 87.0 Å². The van der Waals surface area contributed by atoms with Gasteiger partial charge in [-0.3, -0.25) is 14.3 Å². The predicted octanol–water partition coefficient (Wildman–Crippen LogP) is 1.92. The molecular weight excluding hydrogens is 472 g/mol. The minimum absolute atomic E-state index is 0.0447. The zero-order valence-corrected chi connectivity index (χ0v) is 20.9. The summed E-state index contributed by atoms with van der Waals surface area (Å²) in [5.74, 6) is -0.999. The Hall–Kier alpha value is -1.62. The van der Waals surface area contributed by atoms with E-state index in [-0.39, 0.29) is 18.3 Å². The van der Waals surface area contributed by atoms with Crippen LogP contribution in [-0.2, 0) is 26.0 Å². The van der Waals surface area contributed by atoms with Gasteiger partial charge in [-0.1, -0.05) is 11.6 Å². The van der Waals surface area contributed by atoms with Crippen LogP contribution in [0, 0.1) is 0 Å².